The van der Waals surface area contributed by atoms with E-state index < -0.39 is 0 Å². The molecule has 0 heterocycles. The normalized spacial score (nSPS) is 35.2. The van der Waals surface area contributed by atoms with Crippen LogP contribution in [0.15, 0.2) is 0 Å². The number of hydrogen-bond acceptors (Lipinski definition) is 6. The molecule has 0 spiro atoms. The largest absolute Gasteiger partial charge is 0.343 e. The number of nitrogens with two attached hydrogens (primary N) is 2. The van der Waals surface area contributed by atoms with Gasteiger partial charge in [-0.1, -0.05) is 82.4 Å². The highest BCUT2D eigenvalue weighted by molar-refractivity contribution is 8.76. The number of hydrogen-bond donors (Lipinski definition) is 3. The van der Waals surface area contributed by atoms with Crippen LogP contribution in [0.4, 0.5) is 0 Å². The molecule has 4 fully saturated rings. The van der Waals surface area contributed by atoms with Crippen LogP contribution in [0, 0.1) is 51.8 Å². The number of unbranched alkanes of at least 4 members (excludes halogenated alkanes) is 1. The number of rotatable bonds is 21. The van der Waals surface area contributed by atoms with Crippen LogP contribution in [-0.2, 0) is 4.79 Å². The zero-order valence-electron chi connectivity index (χ0n) is 32.3. The molecular weight excluding hydrogens is 629 g/mol. The topological polar surface area (TPSA) is 84.4 Å². The van der Waals surface area contributed by atoms with Crippen LogP contribution in [0.5, 0.6) is 0 Å². The van der Waals surface area contributed by atoms with Crippen LogP contribution in [0.25, 0.3) is 0 Å². The standard InChI is InChI=1S/C41H78N4OS2/c1-31(2)12-9-13-32(3)35-14-15-36-34-17-20-39(4)30-33(16-22-41(39,6)37(34)18-21-40(35,36)5)48-47-29-19-38(46)45(28-11-24-43)27-8-7-25-44-26-10-23-42/h31-37,44H,7-30,42-43H2,1-6H3. The molecule has 9 atom stereocenters. The van der Waals surface area contributed by atoms with E-state index in [2.05, 4.69) is 62.6 Å². The van der Waals surface area contributed by atoms with Gasteiger partial charge in [-0.25, -0.2) is 0 Å². The van der Waals surface area contributed by atoms with Crippen LogP contribution < -0.4 is 16.8 Å². The number of amides is 1. The number of carbonyl (C=O) groups is 1. The Kier molecular flexibility index (Phi) is 16.3. The molecular formula is C41H78N4OS2. The molecule has 48 heavy (non-hydrogen) atoms. The predicted octanol–water partition coefficient (Wildman–Crippen LogP) is 9.53. The van der Waals surface area contributed by atoms with Crippen LogP contribution in [-0.4, -0.2) is 61.1 Å². The van der Waals surface area contributed by atoms with Crippen molar-refractivity contribution in [2.45, 2.75) is 156 Å². The molecule has 4 aliphatic carbocycles. The molecule has 4 rings (SSSR count). The van der Waals surface area contributed by atoms with Crippen molar-refractivity contribution in [3.05, 3.63) is 0 Å². The highest BCUT2D eigenvalue weighted by Gasteiger charge is 2.63. The summed E-state index contributed by atoms with van der Waals surface area (Å²) in [5, 5.41) is 4.19. The third-order valence-electron chi connectivity index (χ3n) is 14.7. The average molecular weight is 707 g/mol. The Morgan fingerprint density at radius 1 is 0.833 bits per heavy atom. The van der Waals surface area contributed by atoms with Crippen molar-refractivity contribution in [3.8, 4) is 0 Å². The summed E-state index contributed by atoms with van der Waals surface area (Å²) in [4.78, 5) is 15.3. The van der Waals surface area contributed by atoms with Crippen LogP contribution in [0.2, 0.25) is 0 Å². The molecule has 1 amide bonds. The highest BCUT2D eigenvalue weighted by atomic mass is 33.1. The average Bonchev–Trinajstić information content (AvgIpc) is 3.41. The Balaban J connectivity index is 1.23. The lowest BCUT2D eigenvalue weighted by atomic mass is 9.40. The minimum Gasteiger partial charge on any atom is -0.343 e. The summed E-state index contributed by atoms with van der Waals surface area (Å²) in [6, 6.07) is 0. The van der Waals surface area contributed by atoms with Gasteiger partial charge in [-0.05, 0) is 161 Å². The summed E-state index contributed by atoms with van der Waals surface area (Å²) in [7, 11) is 4.09. The van der Waals surface area contributed by atoms with Gasteiger partial charge >= 0.3 is 0 Å². The van der Waals surface area contributed by atoms with Gasteiger partial charge in [-0.15, -0.1) is 0 Å². The maximum Gasteiger partial charge on any atom is 0.223 e. The quantitative estimate of drug-likeness (QED) is 0.0815. The molecule has 0 bridgehead atoms. The fraction of sp³-hybridized carbons (Fsp3) is 0.976. The first-order chi connectivity index (χ1) is 23.0. The molecule has 0 aromatic rings. The van der Waals surface area contributed by atoms with Gasteiger partial charge in [-0.3, -0.25) is 4.79 Å². The second kappa shape index (κ2) is 19.2. The maximum absolute atomic E-state index is 13.2. The highest BCUT2D eigenvalue weighted by Crippen LogP contribution is 2.72. The molecule has 280 valence electrons. The van der Waals surface area contributed by atoms with Gasteiger partial charge in [0.15, 0.2) is 0 Å². The molecule has 5 nitrogen and oxygen atoms in total. The Bertz CT molecular complexity index is 967. The number of nitrogens with one attached hydrogen (secondary N) is 1. The smallest absolute Gasteiger partial charge is 0.223 e. The van der Waals surface area contributed by atoms with Crippen molar-refractivity contribution < 1.29 is 4.79 Å². The lowest BCUT2D eigenvalue weighted by molar-refractivity contribution is -0.153. The van der Waals surface area contributed by atoms with E-state index in [4.69, 9.17) is 11.5 Å². The second-order valence-electron chi connectivity index (χ2n) is 18.1. The van der Waals surface area contributed by atoms with Crippen molar-refractivity contribution in [2.24, 2.45) is 63.2 Å². The Morgan fingerprint density at radius 2 is 1.58 bits per heavy atom. The number of fused-ring (bicyclic) bond motifs is 5. The van der Waals surface area contributed by atoms with E-state index in [1.165, 1.54) is 77.0 Å². The minimum absolute atomic E-state index is 0.317. The first kappa shape index (κ1) is 40.8. The second-order valence-corrected chi connectivity index (χ2v) is 20.9. The van der Waals surface area contributed by atoms with E-state index in [0.717, 1.165) is 105 Å². The fourth-order valence-electron chi connectivity index (χ4n) is 11.7. The monoisotopic (exact) mass is 707 g/mol. The van der Waals surface area contributed by atoms with Crippen molar-refractivity contribution in [1.29, 1.82) is 0 Å². The van der Waals surface area contributed by atoms with Gasteiger partial charge in [0.05, 0.1) is 0 Å². The predicted molar refractivity (Wildman–Crippen MR) is 212 cm³/mol. The molecule has 4 saturated carbocycles. The molecule has 0 radical (unpaired) electrons. The zero-order chi connectivity index (χ0) is 34.8. The van der Waals surface area contributed by atoms with E-state index in [1.807, 2.05) is 10.8 Å². The number of nitrogens with zero attached hydrogens (tertiary/aromatic N) is 1. The van der Waals surface area contributed by atoms with E-state index in [1.54, 1.807) is 0 Å². The molecule has 0 saturated heterocycles. The van der Waals surface area contributed by atoms with Crippen LogP contribution >= 0.6 is 21.6 Å². The van der Waals surface area contributed by atoms with Gasteiger partial charge in [0.1, 0.15) is 0 Å². The Hall–Kier alpha value is 0.0500. The van der Waals surface area contributed by atoms with E-state index in [9.17, 15) is 4.79 Å². The lowest BCUT2D eigenvalue weighted by Gasteiger charge is -2.65. The zero-order valence-corrected chi connectivity index (χ0v) is 34.0. The van der Waals surface area contributed by atoms with Crippen LogP contribution in [0.3, 0.4) is 0 Å². The Labute approximate surface area is 305 Å². The van der Waals surface area contributed by atoms with Gasteiger partial charge in [0, 0.05) is 30.5 Å². The molecule has 4 aliphatic rings. The maximum atomic E-state index is 13.2. The third-order valence-corrected chi connectivity index (χ3v) is 17.6. The van der Waals surface area contributed by atoms with E-state index in [0.29, 0.717) is 35.1 Å². The molecule has 0 aromatic heterocycles. The molecule has 0 aliphatic heterocycles. The fourth-order valence-corrected chi connectivity index (χ4v) is 14.5. The van der Waals surface area contributed by atoms with Crippen molar-refractivity contribution in [1.82, 2.24) is 10.2 Å². The summed E-state index contributed by atoms with van der Waals surface area (Å²) in [5.41, 5.74) is 12.9. The van der Waals surface area contributed by atoms with Gasteiger partial charge in [0.25, 0.3) is 0 Å². The summed E-state index contributed by atoms with van der Waals surface area (Å²) in [6.07, 6.45) is 22.0. The first-order valence-corrected chi connectivity index (χ1v) is 23.0. The molecule has 5 N–H and O–H groups in total. The lowest BCUT2D eigenvalue weighted by Crippen LogP contribution is -2.58. The number of carbonyl (C=O) groups excluding carboxylic acids is 1. The third kappa shape index (κ3) is 9.92. The van der Waals surface area contributed by atoms with Gasteiger partial charge in [-0.2, -0.15) is 0 Å². The summed E-state index contributed by atoms with van der Waals surface area (Å²) in [6.45, 7) is 20.6. The summed E-state index contributed by atoms with van der Waals surface area (Å²) < 4.78 is 0. The van der Waals surface area contributed by atoms with Crippen molar-refractivity contribution in [2.75, 3.05) is 45.0 Å². The summed E-state index contributed by atoms with van der Waals surface area (Å²) >= 11 is 0. The Morgan fingerprint density at radius 3 is 2.33 bits per heavy atom. The molecule has 7 heteroatoms. The molecule has 9 unspecified atom stereocenters. The van der Waals surface area contributed by atoms with Crippen molar-refractivity contribution in [3.63, 3.8) is 0 Å². The minimum atomic E-state index is 0.317. The van der Waals surface area contributed by atoms with Crippen LogP contribution in [0.1, 0.15) is 151 Å². The van der Waals surface area contributed by atoms with Gasteiger partial charge in [0.2, 0.25) is 5.91 Å². The van der Waals surface area contributed by atoms with Gasteiger partial charge < -0.3 is 21.7 Å². The van der Waals surface area contributed by atoms with E-state index in [-0.39, 0.29) is 0 Å². The molecule has 0 aromatic carbocycles. The summed E-state index contributed by atoms with van der Waals surface area (Å²) in [5.74, 6) is 6.81. The van der Waals surface area contributed by atoms with E-state index >= 15 is 0 Å². The van der Waals surface area contributed by atoms with Crippen molar-refractivity contribution >= 4 is 27.5 Å². The SMILES string of the molecule is CC(C)CCCC(C)C1CCC2C3CCC4(C)CC(SSCCC(=O)N(CCCN)CCCCNCCCN)CCC4(C)C3CCC12C. The first-order valence-electron chi connectivity index (χ1n) is 20.7.